The van der Waals surface area contributed by atoms with Crippen molar-refractivity contribution < 1.29 is 4.92 Å². The maximum Gasteiger partial charge on any atom is 0.272 e. The Morgan fingerprint density at radius 1 is 1.52 bits per heavy atom. The molecule has 21 heavy (non-hydrogen) atoms. The Hall–Kier alpha value is -1.46. The van der Waals surface area contributed by atoms with Gasteiger partial charge in [0.05, 0.1) is 4.92 Å². The van der Waals surface area contributed by atoms with Gasteiger partial charge in [-0.1, -0.05) is 12.1 Å². The number of hydrogen-bond acceptors (Lipinski definition) is 4. The number of nitrogens with zero attached hydrogens (tertiary/aromatic N) is 2. The van der Waals surface area contributed by atoms with E-state index in [1.807, 2.05) is 13.0 Å². The number of nitro benzene ring substituents is 1. The van der Waals surface area contributed by atoms with Crippen molar-refractivity contribution in [2.24, 2.45) is 5.92 Å². The second kappa shape index (κ2) is 7.00. The van der Waals surface area contributed by atoms with Gasteiger partial charge in [0.25, 0.3) is 5.69 Å². The van der Waals surface area contributed by atoms with Crippen molar-refractivity contribution in [2.45, 2.75) is 39.3 Å². The van der Waals surface area contributed by atoms with Crippen LogP contribution in [0.1, 0.15) is 30.9 Å². The van der Waals surface area contributed by atoms with E-state index < -0.39 is 0 Å². The van der Waals surface area contributed by atoms with E-state index in [1.54, 1.807) is 12.1 Å². The molecular formula is C16H25N3O2. The highest BCUT2D eigenvalue weighted by Crippen LogP contribution is 2.22. The first-order chi connectivity index (χ1) is 9.99. The van der Waals surface area contributed by atoms with Gasteiger partial charge in [-0.2, -0.15) is 0 Å². The lowest BCUT2D eigenvalue weighted by Crippen LogP contribution is -2.42. The van der Waals surface area contributed by atoms with Crippen LogP contribution in [0.5, 0.6) is 0 Å². The van der Waals surface area contributed by atoms with E-state index in [-0.39, 0.29) is 10.6 Å². The Balaban J connectivity index is 1.96. The topological polar surface area (TPSA) is 58.4 Å². The molecule has 1 fully saturated rings. The highest BCUT2D eigenvalue weighted by atomic mass is 16.6. The summed E-state index contributed by atoms with van der Waals surface area (Å²) in [6.07, 6.45) is 2.51. The molecule has 1 aromatic carbocycles. The summed E-state index contributed by atoms with van der Waals surface area (Å²) in [5.41, 5.74) is 1.99. The average Bonchev–Trinajstić information content (AvgIpc) is 2.45. The first kappa shape index (κ1) is 15.9. The van der Waals surface area contributed by atoms with Gasteiger partial charge in [-0.15, -0.1) is 0 Å². The monoisotopic (exact) mass is 291 g/mol. The molecule has 1 N–H and O–H groups in total. The fourth-order valence-corrected chi connectivity index (χ4v) is 3.11. The maximum absolute atomic E-state index is 11.0. The number of piperidine rings is 1. The molecule has 0 saturated carbocycles. The van der Waals surface area contributed by atoms with Crippen LogP contribution in [0.25, 0.3) is 0 Å². The second-order valence-electron chi connectivity index (χ2n) is 6.15. The lowest BCUT2D eigenvalue weighted by Gasteiger charge is -2.34. The lowest BCUT2D eigenvalue weighted by molar-refractivity contribution is -0.385. The zero-order valence-corrected chi connectivity index (χ0v) is 13.1. The fourth-order valence-electron chi connectivity index (χ4n) is 3.11. The van der Waals surface area contributed by atoms with E-state index in [9.17, 15) is 10.1 Å². The summed E-state index contributed by atoms with van der Waals surface area (Å²) in [6.45, 7) is 7.05. The third-order valence-electron chi connectivity index (χ3n) is 4.60. The molecule has 116 valence electrons. The van der Waals surface area contributed by atoms with Gasteiger partial charge in [-0.3, -0.25) is 10.1 Å². The van der Waals surface area contributed by atoms with E-state index in [0.29, 0.717) is 18.5 Å². The smallest absolute Gasteiger partial charge is 0.272 e. The number of benzene rings is 1. The number of nitrogens with one attached hydrogen (secondary N) is 1. The van der Waals surface area contributed by atoms with Gasteiger partial charge in [0.1, 0.15) is 0 Å². The number of hydrogen-bond donors (Lipinski definition) is 1. The van der Waals surface area contributed by atoms with Crippen molar-refractivity contribution in [3.63, 3.8) is 0 Å². The number of nitro groups is 1. The molecule has 1 aliphatic heterocycles. The minimum absolute atomic E-state index is 0.208. The summed E-state index contributed by atoms with van der Waals surface area (Å²) in [6, 6.07) is 5.72. The van der Waals surface area contributed by atoms with Crippen LogP contribution < -0.4 is 5.32 Å². The van der Waals surface area contributed by atoms with Crippen LogP contribution >= 0.6 is 0 Å². The number of likely N-dealkylation sites (tertiary alicyclic amines) is 1. The molecule has 5 nitrogen and oxygen atoms in total. The van der Waals surface area contributed by atoms with E-state index in [0.717, 1.165) is 17.7 Å². The summed E-state index contributed by atoms with van der Waals surface area (Å²) in [5.74, 6) is 0.655. The fraction of sp³-hybridized carbons (Fsp3) is 0.625. The number of rotatable bonds is 5. The van der Waals surface area contributed by atoms with Gasteiger partial charge < -0.3 is 10.2 Å². The average molecular weight is 291 g/mol. The van der Waals surface area contributed by atoms with Crippen LogP contribution in [0.15, 0.2) is 18.2 Å². The van der Waals surface area contributed by atoms with Crippen LogP contribution in [-0.4, -0.2) is 36.0 Å². The van der Waals surface area contributed by atoms with Crippen LogP contribution in [0.4, 0.5) is 5.69 Å². The van der Waals surface area contributed by atoms with Crippen LogP contribution in [-0.2, 0) is 6.54 Å². The quantitative estimate of drug-likeness (QED) is 0.669. The van der Waals surface area contributed by atoms with Gasteiger partial charge >= 0.3 is 0 Å². The van der Waals surface area contributed by atoms with Crippen LogP contribution in [0.2, 0.25) is 0 Å². The van der Waals surface area contributed by atoms with Crippen molar-refractivity contribution in [3.8, 4) is 0 Å². The van der Waals surface area contributed by atoms with E-state index >= 15 is 0 Å². The molecule has 2 atom stereocenters. The predicted octanol–water partition coefficient (Wildman–Crippen LogP) is 2.72. The third kappa shape index (κ3) is 4.02. The Kier molecular flexibility index (Phi) is 5.31. The van der Waals surface area contributed by atoms with Crippen LogP contribution in [0.3, 0.4) is 0 Å². The Morgan fingerprint density at radius 3 is 2.95 bits per heavy atom. The molecular weight excluding hydrogens is 266 g/mol. The lowest BCUT2D eigenvalue weighted by atomic mass is 9.91. The highest BCUT2D eigenvalue weighted by Gasteiger charge is 2.22. The largest absolute Gasteiger partial charge is 0.310 e. The molecule has 0 aliphatic carbocycles. The summed E-state index contributed by atoms with van der Waals surface area (Å²) in [4.78, 5) is 13.0. The van der Waals surface area contributed by atoms with Gasteiger partial charge in [0.2, 0.25) is 0 Å². The molecule has 0 bridgehead atoms. The molecule has 5 heteroatoms. The van der Waals surface area contributed by atoms with E-state index in [1.165, 1.54) is 19.4 Å². The van der Waals surface area contributed by atoms with E-state index in [4.69, 9.17) is 0 Å². The van der Waals surface area contributed by atoms with Crippen molar-refractivity contribution in [3.05, 3.63) is 39.4 Å². The SMILES string of the molecule is Cc1c(CNC(C)C2CCCN(C)C2)cccc1[N+](=O)[O-]. The first-order valence-electron chi connectivity index (χ1n) is 7.64. The van der Waals surface area contributed by atoms with Crippen molar-refractivity contribution in [1.82, 2.24) is 10.2 Å². The van der Waals surface area contributed by atoms with Gasteiger partial charge in [-0.25, -0.2) is 0 Å². The van der Waals surface area contributed by atoms with Crippen molar-refractivity contribution in [2.75, 3.05) is 20.1 Å². The minimum Gasteiger partial charge on any atom is -0.310 e. The van der Waals surface area contributed by atoms with Crippen molar-refractivity contribution >= 4 is 5.69 Å². The molecule has 1 aromatic rings. The highest BCUT2D eigenvalue weighted by molar-refractivity contribution is 5.44. The normalized spacial score (nSPS) is 21.2. The standard InChI is InChI=1S/C16H25N3O2/c1-12-14(6-4-8-16(12)19(20)21)10-17-13(2)15-7-5-9-18(3)11-15/h4,6,8,13,15,17H,5,7,9-11H2,1-3H3. The van der Waals surface area contributed by atoms with Crippen molar-refractivity contribution in [1.29, 1.82) is 0 Å². The van der Waals surface area contributed by atoms with E-state index in [2.05, 4.69) is 24.2 Å². The Bertz CT molecular complexity index is 504. The molecule has 2 rings (SSSR count). The molecule has 0 aromatic heterocycles. The molecule has 1 aliphatic rings. The minimum atomic E-state index is -0.307. The molecule has 0 radical (unpaired) electrons. The molecule has 1 saturated heterocycles. The summed E-state index contributed by atoms with van der Waals surface area (Å²) in [5, 5.41) is 14.5. The molecule has 0 amide bonds. The Labute approximate surface area is 126 Å². The predicted molar refractivity (Wildman–Crippen MR) is 84.4 cm³/mol. The van der Waals surface area contributed by atoms with Crippen LogP contribution in [0, 0.1) is 23.0 Å². The third-order valence-corrected chi connectivity index (χ3v) is 4.60. The summed E-state index contributed by atoms with van der Waals surface area (Å²) < 4.78 is 0. The first-order valence-corrected chi connectivity index (χ1v) is 7.64. The zero-order chi connectivity index (χ0) is 15.4. The molecule has 2 unspecified atom stereocenters. The van der Waals surface area contributed by atoms with Gasteiger partial charge in [0, 0.05) is 30.8 Å². The Morgan fingerprint density at radius 2 is 2.29 bits per heavy atom. The second-order valence-corrected chi connectivity index (χ2v) is 6.15. The zero-order valence-electron chi connectivity index (χ0n) is 13.1. The molecule has 1 heterocycles. The summed E-state index contributed by atoms with van der Waals surface area (Å²) in [7, 11) is 2.17. The maximum atomic E-state index is 11.0. The molecule has 0 spiro atoms. The summed E-state index contributed by atoms with van der Waals surface area (Å²) >= 11 is 0. The van der Waals surface area contributed by atoms with Gasteiger partial charge in [-0.05, 0) is 51.8 Å². The van der Waals surface area contributed by atoms with Gasteiger partial charge in [0.15, 0.2) is 0 Å².